The summed E-state index contributed by atoms with van der Waals surface area (Å²) in [7, 11) is 1.64. The van der Waals surface area contributed by atoms with Crippen LogP contribution in [0.2, 0.25) is 5.02 Å². The van der Waals surface area contributed by atoms with Gasteiger partial charge in [-0.15, -0.1) is 0 Å². The maximum atomic E-state index is 11.8. The Kier molecular flexibility index (Phi) is 3.62. The summed E-state index contributed by atoms with van der Waals surface area (Å²) >= 11 is 5.86. The molecule has 0 fully saturated rings. The van der Waals surface area contributed by atoms with Crippen LogP contribution in [0.25, 0.3) is 0 Å². The van der Waals surface area contributed by atoms with Crippen LogP contribution in [-0.4, -0.2) is 22.5 Å². The highest BCUT2D eigenvalue weighted by Crippen LogP contribution is 2.19. The molecule has 0 amide bonds. The third-order valence-corrected chi connectivity index (χ3v) is 2.37. The standard InChI is InChI=1S/C8H11ClF3N3/c1-5-7(9)6(15(2)14-5)3-13-4-8(10,11)12/h13H,3-4H2,1-2H3. The third kappa shape index (κ3) is 3.39. The molecule has 0 aliphatic rings. The third-order valence-electron chi connectivity index (χ3n) is 1.88. The molecule has 0 bridgehead atoms. The Morgan fingerprint density at radius 3 is 2.47 bits per heavy atom. The second kappa shape index (κ2) is 4.40. The van der Waals surface area contributed by atoms with E-state index in [0.29, 0.717) is 16.4 Å². The van der Waals surface area contributed by atoms with E-state index in [0.717, 1.165) is 0 Å². The van der Waals surface area contributed by atoms with Crippen molar-refractivity contribution < 1.29 is 13.2 Å². The molecule has 1 heterocycles. The fourth-order valence-electron chi connectivity index (χ4n) is 1.19. The van der Waals surface area contributed by atoms with Crippen molar-refractivity contribution in [2.75, 3.05) is 6.54 Å². The summed E-state index contributed by atoms with van der Waals surface area (Å²) in [5.74, 6) is 0. The summed E-state index contributed by atoms with van der Waals surface area (Å²) in [6, 6.07) is 0. The summed E-state index contributed by atoms with van der Waals surface area (Å²) in [5.41, 5.74) is 1.17. The molecular formula is C8H11ClF3N3. The molecule has 0 aliphatic heterocycles. The van der Waals surface area contributed by atoms with Gasteiger partial charge in [-0.3, -0.25) is 4.68 Å². The molecule has 0 radical (unpaired) electrons. The molecule has 1 N–H and O–H groups in total. The molecule has 1 aromatic heterocycles. The van der Waals surface area contributed by atoms with Gasteiger partial charge in [-0.25, -0.2) is 0 Å². The van der Waals surface area contributed by atoms with E-state index in [9.17, 15) is 13.2 Å². The lowest BCUT2D eigenvalue weighted by atomic mass is 10.3. The first kappa shape index (κ1) is 12.3. The molecule has 0 aliphatic carbocycles. The number of aromatic nitrogens is 2. The highest BCUT2D eigenvalue weighted by atomic mass is 35.5. The number of halogens is 4. The van der Waals surface area contributed by atoms with Crippen molar-refractivity contribution in [1.29, 1.82) is 0 Å². The van der Waals surface area contributed by atoms with E-state index in [4.69, 9.17) is 11.6 Å². The van der Waals surface area contributed by atoms with Gasteiger partial charge >= 0.3 is 6.18 Å². The van der Waals surface area contributed by atoms with Crippen molar-refractivity contribution in [1.82, 2.24) is 15.1 Å². The number of hydrogen-bond acceptors (Lipinski definition) is 2. The van der Waals surface area contributed by atoms with Gasteiger partial charge in [-0.05, 0) is 6.92 Å². The fourth-order valence-corrected chi connectivity index (χ4v) is 1.42. The molecular weight excluding hydrogens is 231 g/mol. The van der Waals surface area contributed by atoms with Gasteiger partial charge in [0, 0.05) is 13.6 Å². The normalized spacial score (nSPS) is 12.1. The first-order chi connectivity index (χ1) is 6.81. The molecule has 0 saturated heterocycles. The Balaban J connectivity index is 2.58. The quantitative estimate of drug-likeness (QED) is 0.878. The summed E-state index contributed by atoms with van der Waals surface area (Å²) in [6.45, 7) is 0.721. The molecule has 86 valence electrons. The first-order valence-corrected chi connectivity index (χ1v) is 4.64. The van der Waals surface area contributed by atoms with E-state index in [-0.39, 0.29) is 6.54 Å². The van der Waals surface area contributed by atoms with Crippen LogP contribution in [0.4, 0.5) is 13.2 Å². The van der Waals surface area contributed by atoms with Crippen molar-refractivity contribution in [3.8, 4) is 0 Å². The smallest absolute Gasteiger partial charge is 0.303 e. The van der Waals surface area contributed by atoms with Crippen molar-refractivity contribution in [3.05, 3.63) is 16.4 Å². The predicted molar refractivity (Wildman–Crippen MR) is 50.7 cm³/mol. The highest BCUT2D eigenvalue weighted by Gasteiger charge is 2.26. The summed E-state index contributed by atoms with van der Waals surface area (Å²) in [6.07, 6.45) is -4.21. The fraction of sp³-hybridized carbons (Fsp3) is 0.625. The Labute approximate surface area is 90.2 Å². The average molecular weight is 242 g/mol. The van der Waals surface area contributed by atoms with Gasteiger partial charge in [0.05, 0.1) is 23.0 Å². The molecule has 1 rings (SSSR count). The van der Waals surface area contributed by atoms with Gasteiger partial charge < -0.3 is 5.32 Å². The van der Waals surface area contributed by atoms with Crippen LogP contribution in [0.15, 0.2) is 0 Å². The highest BCUT2D eigenvalue weighted by molar-refractivity contribution is 6.31. The Bertz CT molecular complexity index is 346. The summed E-state index contributed by atoms with van der Waals surface area (Å²) in [4.78, 5) is 0. The van der Waals surface area contributed by atoms with Crippen LogP contribution in [0.5, 0.6) is 0 Å². The summed E-state index contributed by atoms with van der Waals surface area (Å²) in [5, 5.41) is 6.66. The molecule has 1 aromatic rings. The van der Waals surface area contributed by atoms with Crippen molar-refractivity contribution in [2.24, 2.45) is 7.05 Å². The van der Waals surface area contributed by atoms with E-state index < -0.39 is 12.7 Å². The van der Waals surface area contributed by atoms with Crippen LogP contribution >= 0.6 is 11.6 Å². The lowest BCUT2D eigenvalue weighted by molar-refractivity contribution is -0.125. The minimum atomic E-state index is -4.21. The minimum Gasteiger partial charge on any atom is -0.303 e. The molecule has 0 atom stereocenters. The zero-order valence-electron chi connectivity index (χ0n) is 8.32. The number of rotatable bonds is 3. The van der Waals surface area contributed by atoms with E-state index in [1.165, 1.54) is 4.68 Å². The van der Waals surface area contributed by atoms with Gasteiger partial charge in [-0.2, -0.15) is 18.3 Å². The van der Waals surface area contributed by atoms with Gasteiger partial charge in [0.2, 0.25) is 0 Å². The average Bonchev–Trinajstić information content (AvgIpc) is 2.29. The van der Waals surface area contributed by atoms with Crippen LogP contribution in [0.3, 0.4) is 0 Å². The lowest BCUT2D eigenvalue weighted by Gasteiger charge is -2.08. The molecule has 7 heteroatoms. The molecule has 0 spiro atoms. The Morgan fingerprint density at radius 1 is 1.47 bits per heavy atom. The van der Waals surface area contributed by atoms with E-state index in [1.807, 2.05) is 0 Å². The number of hydrogen-bond donors (Lipinski definition) is 1. The van der Waals surface area contributed by atoms with Gasteiger partial charge in [0.1, 0.15) is 0 Å². The topological polar surface area (TPSA) is 29.9 Å². The summed E-state index contributed by atoms with van der Waals surface area (Å²) < 4.78 is 37.0. The molecule has 0 aromatic carbocycles. The zero-order chi connectivity index (χ0) is 11.6. The molecule has 0 unspecified atom stereocenters. The van der Waals surface area contributed by atoms with Crippen molar-refractivity contribution in [3.63, 3.8) is 0 Å². The van der Waals surface area contributed by atoms with Crippen LogP contribution < -0.4 is 5.32 Å². The lowest BCUT2D eigenvalue weighted by Crippen LogP contribution is -2.29. The van der Waals surface area contributed by atoms with Gasteiger partial charge in [0.25, 0.3) is 0 Å². The van der Waals surface area contributed by atoms with Crippen LogP contribution in [-0.2, 0) is 13.6 Å². The van der Waals surface area contributed by atoms with Crippen LogP contribution in [0.1, 0.15) is 11.4 Å². The minimum absolute atomic E-state index is 0.0513. The Morgan fingerprint density at radius 2 is 2.07 bits per heavy atom. The number of nitrogens with one attached hydrogen (secondary N) is 1. The van der Waals surface area contributed by atoms with E-state index >= 15 is 0 Å². The number of nitrogens with zero attached hydrogens (tertiary/aromatic N) is 2. The first-order valence-electron chi connectivity index (χ1n) is 4.26. The van der Waals surface area contributed by atoms with Crippen molar-refractivity contribution in [2.45, 2.75) is 19.6 Å². The van der Waals surface area contributed by atoms with Gasteiger partial charge in [0.15, 0.2) is 0 Å². The van der Waals surface area contributed by atoms with Crippen LogP contribution in [0, 0.1) is 6.92 Å². The maximum absolute atomic E-state index is 11.8. The predicted octanol–water partition coefficient (Wildman–Crippen LogP) is 2.03. The number of alkyl halides is 3. The zero-order valence-corrected chi connectivity index (χ0v) is 9.08. The van der Waals surface area contributed by atoms with E-state index in [2.05, 4.69) is 10.4 Å². The maximum Gasteiger partial charge on any atom is 0.401 e. The largest absolute Gasteiger partial charge is 0.401 e. The second-order valence-corrected chi connectivity index (χ2v) is 3.57. The number of aryl methyl sites for hydroxylation is 2. The molecule has 15 heavy (non-hydrogen) atoms. The van der Waals surface area contributed by atoms with E-state index in [1.54, 1.807) is 14.0 Å². The van der Waals surface area contributed by atoms with Gasteiger partial charge in [-0.1, -0.05) is 11.6 Å². The Hall–Kier alpha value is -0.750. The SMILES string of the molecule is Cc1nn(C)c(CNCC(F)(F)F)c1Cl. The van der Waals surface area contributed by atoms with Crippen molar-refractivity contribution >= 4 is 11.6 Å². The second-order valence-electron chi connectivity index (χ2n) is 3.19. The monoisotopic (exact) mass is 241 g/mol. The molecule has 3 nitrogen and oxygen atoms in total. The molecule has 0 saturated carbocycles.